The van der Waals surface area contributed by atoms with Crippen LogP contribution in [0, 0.1) is 5.82 Å². The normalized spacial score (nSPS) is 15.4. The largest absolute Gasteiger partial charge is 0.573 e. The van der Waals surface area contributed by atoms with Crippen LogP contribution in [0.25, 0.3) is 5.57 Å². The number of allylic oxidation sites excluding steroid dienone is 5. The van der Waals surface area contributed by atoms with Gasteiger partial charge in [0.25, 0.3) is 0 Å². The van der Waals surface area contributed by atoms with Crippen molar-refractivity contribution in [2.45, 2.75) is 12.8 Å². The highest BCUT2D eigenvalue weighted by atomic mass is 19.4. The molecule has 1 aliphatic rings. The topological polar surface area (TPSA) is 9.23 Å². The van der Waals surface area contributed by atoms with Crippen molar-refractivity contribution < 1.29 is 22.3 Å². The molecule has 0 radical (unpaired) electrons. The molecule has 5 heteroatoms. The Bertz CT molecular complexity index is 567. The molecule has 0 aliphatic heterocycles. The van der Waals surface area contributed by atoms with Crippen LogP contribution in [0.1, 0.15) is 12.0 Å². The number of rotatable bonds is 2. The summed E-state index contributed by atoms with van der Waals surface area (Å²) in [4.78, 5) is 0. The van der Waals surface area contributed by atoms with E-state index in [4.69, 9.17) is 0 Å². The Hall–Kier alpha value is -2.04. The molecule has 0 saturated heterocycles. The van der Waals surface area contributed by atoms with Gasteiger partial charge >= 0.3 is 6.36 Å². The first kappa shape index (κ1) is 13.4. The van der Waals surface area contributed by atoms with E-state index < -0.39 is 17.9 Å². The van der Waals surface area contributed by atoms with E-state index in [0.29, 0.717) is 12.0 Å². The Morgan fingerprint density at radius 3 is 2.42 bits per heavy atom. The van der Waals surface area contributed by atoms with E-state index in [1.165, 1.54) is 6.07 Å². The number of ether oxygens (including phenoxy) is 1. The van der Waals surface area contributed by atoms with Crippen LogP contribution in [0.15, 0.2) is 48.6 Å². The van der Waals surface area contributed by atoms with Gasteiger partial charge in [-0.1, -0.05) is 36.4 Å². The second-order valence-corrected chi connectivity index (χ2v) is 4.05. The van der Waals surface area contributed by atoms with E-state index in [1.807, 2.05) is 6.08 Å². The van der Waals surface area contributed by atoms with Crippen molar-refractivity contribution in [3.63, 3.8) is 0 Å². The Kier molecular flexibility index (Phi) is 3.46. The van der Waals surface area contributed by atoms with Crippen molar-refractivity contribution in [2.24, 2.45) is 0 Å². The second kappa shape index (κ2) is 4.91. The van der Waals surface area contributed by atoms with Crippen molar-refractivity contribution in [2.75, 3.05) is 0 Å². The van der Waals surface area contributed by atoms with Gasteiger partial charge < -0.3 is 4.74 Å². The molecule has 0 amide bonds. The highest BCUT2D eigenvalue weighted by Crippen LogP contribution is 2.29. The maximum atomic E-state index is 13.5. The van der Waals surface area contributed by atoms with Gasteiger partial charge in [0.1, 0.15) is 0 Å². The third-order valence-corrected chi connectivity index (χ3v) is 2.57. The Balaban J connectivity index is 2.25. The average Bonchev–Trinajstić information content (AvgIpc) is 2.31. The smallest absolute Gasteiger partial charge is 0.403 e. The Morgan fingerprint density at radius 2 is 1.89 bits per heavy atom. The van der Waals surface area contributed by atoms with E-state index in [-0.39, 0.29) is 0 Å². The van der Waals surface area contributed by atoms with Crippen molar-refractivity contribution in [1.82, 2.24) is 0 Å². The van der Waals surface area contributed by atoms with E-state index in [9.17, 15) is 17.6 Å². The summed E-state index contributed by atoms with van der Waals surface area (Å²) >= 11 is 0. The summed E-state index contributed by atoms with van der Waals surface area (Å²) in [5, 5.41) is 0. The lowest BCUT2D eigenvalue weighted by Gasteiger charge is -2.12. The summed E-state index contributed by atoms with van der Waals surface area (Å²) in [5.41, 5.74) is 2.15. The van der Waals surface area contributed by atoms with Crippen LogP contribution in [0.4, 0.5) is 17.6 Å². The van der Waals surface area contributed by atoms with Crippen molar-refractivity contribution in [3.8, 4) is 5.75 Å². The molecule has 19 heavy (non-hydrogen) atoms. The minimum Gasteiger partial charge on any atom is -0.403 e. The second-order valence-electron chi connectivity index (χ2n) is 4.05. The molecule has 0 N–H and O–H groups in total. The lowest BCUT2D eigenvalue weighted by Crippen LogP contribution is -2.18. The zero-order chi connectivity index (χ0) is 14.0. The van der Waals surface area contributed by atoms with E-state index in [1.54, 1.807) is 12.2 Å². The molecule has 100 valence electrons. The van der Waals surface area contributed by atoms with Crippen LogP contribution in [-0.4, -0.2) is 6.36 Å². The molecule has 0 aromatic heterocycles. The summed E-state index contributed by atoms with van der Waals surface area (Å²) < 4.78 is 53.1. The fourth-order valence-electron chi connectivity index (χ4n) is 1.69. The predicted molar refractivity (Wildman–Crippen MR) is 64.0 cm³/mol. The van der Waals surface area contributed by atoms with Gasteiger partial charge in [-0.25, -0.2) is 4.39 Å². The van der Waals surface area contributed by atoms with Gasteiger partial charge in [-0.15, -0.1) is 13.2 Å². The SMILES string of the molecule is C=C1C=CC(c2ccc(OC(F)(F)F)c(F)c2)=CC1. The van der Waals surface area contributed by atoms with Gasteiger partial charge in [-0.05, 0) is 29.7 Å². The lowest BCUT2D eigenvalue weighted by molar-refractivity contribution is -0.275. The fourth-order valence-corrected chi connectivity index (χ4v) is 1.69. The number of hydrogen-bond acceptors (Lipinski definition) is 1. The summed E-state index contributed by atoms with van der Waals surface area (Å²) in [5.74, 6) is -1.88. The number of halogens is 4. The molecule has 2 rings (SSSR count). The first-order valence-electron chi connectivity index (χ1n) is 5.47. The first-order chi connectivity index (χ1) is 8.85. The van der Waals surface area contributed by atoms with Crippen LogP contribution in [0.2, 0.25) is 0 Å². The Morgan fingerprint density at radius 1 is 1.16 bits per heavy atom. The quantitative estimate of drug-likeness (QED) is 0.712. The van der Waals surface area contributed by atoms with Crippen LogP contribution >= 0.6 is 0 Å². The maximum absolute atomic E-state index is 13.5. The third kappa shape index (κ3) is 3.47. The van der Waals surface area contributed by atoms with Crippen molar-refractivity contribution in [3.05, 3.63) is 60.0 Å². The molecule has 0 atom stereocenters. The summed E-state index contributed by atoms with van der Waals surface area (Å²) in [6.45, 7) is 3.76. The molecule has 1 aliphatic carbocycles. The summed E-state index contributed by atoms with van der Waals surface area (Å²) in [6, 6.07) is 3.37. The highest BCUT2D eigenvalue weighted by molar-refractivity contribution is 5.76. The molecule has 1 aromatic carbocycles. The molecule has 1 nitrogen and oxygen atoms in total. The number of benzene rings is 1. The van der Waals surface area contributed by atoms with Crippen molar-refractivity contribution in [1.29, 1.82) is 0 Å². The third-order valence-electron chi connectivity index (χ3n) is 2.57. The summed E-state index contributed by atoms with van der Waals surface area (Å²) in [7, 11) is 0. The zero-order valence-corrected chi connectivity index (χ0v) is 9.80. The van der Waals surface area contributed by atoms with Crippen LogP contribution in [0.3, 0.4) is 0 Å². The molecule has 0 bridgehead atoms. The van der Waals surface area contributed by atoms with E-state index in [0.717, 1.165) is 23.3 Å². The molecular weight excluding hydrogens is 260 g/mol. The van der Waals surface area contributed by atoms with Crippen LogP contribution < -0.4 is 4.74 Å². The van der Waals surface area contributed by atoms with E-state index in [2.05, 4.69) is 11.3 Å². The monoisotopic (exact) mass is 270 g/mol. The minimum absolute atomic E-state index is 0.496. The van der Waals surface area contributed by atoms with Gasteiger partial charge in [0.15, 0.2) is 11.6 Å². The first-order valence-corrected chi connectivity index (χ1v) is 5.47. The van der Waals surface area contributed by atoms with E-state index >= 15 is 0 Å². The molecular formula is C14H10F4O. The van der Waals surface area contributed by atoms with Gasteiger partial charge in [-0.3, -0.25) is 0 Å². The van der Waals surface area contributed by atoms with Gasteiger partial charge in [0.2, 0.25) is 0 Å². The highest BCUT2D eigenvalue weighted by Gasteiger charge is 2.32. The van der Waals surface area contributed by atoms with Gasteiger partial charge in [0, 0.05) is 0 Å². The average molecular weight is 270 g/mol. The van der Waals surface area contributed by atoms with Gasteiger partial charge in [-0.2, -0.15) is 0 Å². The molecule has 0 heterocycles. The molecule has 0 unspecified atom stereocenters. The van der Waals surface area contributed by atoms with Crippen LogP contribution in [-0.2, 0) is 0 Å². The molecule has 0 spiro atoms. The standard InChI is InChI=1S/C14H10F4O/c1-9-2-4-10(5-3-9)11-6-7-13(12(15)8-11)19-14(16,17)18/h2,4-8H,1,3H2. The zero-order valence-electron chi connectivity index (χ0n) is 9.80. The number of alkyl halides is 3. The minimum atomic E-state index is -4.90. The fraction of sp³-hybridized carbons (Fsp3) is 0.143. The summed E-state index contributed by atoms with van der Waals surface area (Å²) in [6.07, 6.45) is 1.10. The van der Waals surface area contributed by atoms with Crippen molar-refractivity contribution >= 4 is 5.57 Å². The predicted octanol–water partition coefficient (Wildman–Crippen LogP) is 4.62. The number of hydrogen-bond donors (Lipinski definition) is 0. The maximum Gasteiger partial charge on any atom is 0.573 e. The molecule has 1 aromatic rings. The molecule has 0 fully saturated rings. The molecule has 0 saturated carbocycles. The lowest BCUT2D eigenvalue weighted by atomic mass is 9.97. The van der Waals surface area contributed by atoms with Crippen LogP contribution in [0.5, 0.6) is 5.75 Å². The van der Waals surface area contributed by atoms with Gasteiger partial charge in [0.05, 0.1) is 0 Å². The Labute approximate surface area is 107 Å².